The van der Waals surface area contributed by atoms with Gasteiger partial charge in [-0.25, -0.2) is 0 Å². The van der Waals surface area contributed by atoms with E-state index in [-0.39, 0.29) is 11.5 Å². The largest absolute Gasteiger partial charge is 0.504 e. The van der Waals surface area contributed by atoms with Crippen molar-refractivity contribution in [2.75, 3.05) is 11.9 Å². The van der Waals surface area contributed by atoms with Gasteiger partial charge in [-0.1, -0.05) is 12.1 Å². The fourth-order valence-corrected chi connectivity index (χ4v) is 2.13. The molecule has 0 radical (unpaired) electrons. The molecule has 11 heteroatoms. The normalized spacial score (nSPS) is 13.5. The Kier molecular flexibility index (Phi) is 5.78. The topological polar surface area (TPSA) is 122 Å². The van der Waals surface area contributed by atoms with Crippen molar-refractivity contribution in [3.63, 3.8) is 0 Å². The summed E-state index contributed by atoms with van der Waals surface area (Å²) in [6.45, 7) is 0.438. The summed E-state index contributed by atoms with van der Waals surface area (Å²) in [4.78, 5) is 21.8. The van der Waals surface area contributed by atoms with Crippen molar-refractivity contribution < 1.29 is 37.8 Å². The number of benzene rings is 2. The summed E-state index contributed by atoms with van der Waals surface area (Å²) in [6.07, 6.45) is -5.01. The van der Waals surface area contributed by atoms with Gasteiger partial charge in [0.15, 0.2) is 17.1 Å². The number of nitrogens with one attached hydrogen (secondary N) is 1. The molecule has 0 saturated carbocycles. The van der Waals surface area contributed by atoms with E-state index >= 15 is 0 Å². The van der Waals surface area contributed by atoms with Crippen molar-refractivity contribution in [3.8, 4) is 11.5 Å². The van der Waals surface area contributed by atoms with Crippen LogP contribution in [0.1, 0.15) is 12.5 Å². The van der Waals surface area contributed by atoms with Crippen LogP contribution in [0.3, 0.4) is 0 Å². The first kappa shape index (κ1) is 21.0. The molecular formula is C17H15F3N2O6. The molecule has 0 heterocycles. The maximum Gasteiger partial charge on any atom is 0.423 e. The fourth-order valence-electron chi connectivity index (χ4n) is 2.13. The summed E-state index contributed by atoms with van der Waals surface area (Å²) in [5.41, 5.74) is -5.28. The third kappa shape index (κ3) is 4.88. The molecule has 1 atom stereocenters. The van der Waals surface area contributed by atoms with Crippen LogP contribution >= 0.6 is 0 Å². The number of amides is 1. The molecule has 3 N–H and O–H groups in total. The lowest BCUT2D eigenvalue weighted by atomic mass is 10.1. The minimum atomic E-state index is -5.01. The van der Waals surface area contributed by atoms with Gasteiger partial charge >= 0.3 is 6.18 Å². The highest BCUT2D eigenvalue weighted by atomic mass is 19.4. The Labute approximate surface area is 156 Å². The molecule has 0 bridgehead atoms. The summed E-state index contributed by atoms with van der Waals surface area (Å²) in [5.74, 6) is -1.35. The lowest BCUT2D eigenvalue weighted by Gasteiger charge is -2.23. The Bertz CT molecular complexity index is 899. The van der Waals surface area contributed by atoms with Crippen LogP contribution in [0.2, 0.25) is 0 Å². The van der Waals surface area contributed by atoms with E-state index in [1.54, 1.807) is 6.07 Å². The van der Waals surface area contributed by atoms with Gasteiger partial charge in [0.25, 0.3) is 11.6 Å². The smallest absolute Gasteiger partial charge is 0.423 e. The summed E-state index contributed by atoms with van der Waals surface area (Å²) < 4.78 is 44.1. The summed E-state index contributed by atoms with van der Waals surface area (Å²) >= 11 is 0. The summed E-state index contributed by atoms with van der Waals surface area (Å²) in [6, 6.07) is 7.68. The first-order chi connectivity index (χ1) is 12.9. The Balaban J connectivity index is 2.16. The van der Waals surface area contributed by atoms with E-state index in [1.807, 2.05) is 0 Å². The third-order valence-corrected chi connectivity index (χ3v) is 3.62. The van der Waals surface area contributed by atoms with Gasteiger partial charge in [-0.2, -0.15) is 13.2 Å². The van der Waals surface area contributed by atoms with Crippen molar-refractivity contribution >= 4 is 17.3 Å². The second kappa shape index (κ2) is 7.72. The van der Waals surface area contributed by atoms with Crippen LogP contribution in [0.15, 0.2) is 42.5 Å². The molecule has 0 unspecified atom stereocenters. The predicted octanol–water partition coefficient (Wildman–Crippen LogP) is 3.09. The summed E-state index contributed by atoms with van der Waals surface area (Å²) in [7, 11) is 0. The van der Waals surface area contributed by atoms with Crippen LogP contribution in [0.25, 0.3) is 0 Å². The van der Waals surface area contributed by atoms with Crippen molar-refractivity contribution in [2.24, 2.45) is 0 Å². The van der Waals surface area contributed by atoms with Gasteiger partial charge in [0.05, 0.1) is 4.92 Å². The Morgan fingerprint density at radius 1 is 1.25 bits per heavy atom. The Hall–Kier alpha value is -3.34. The van der Waals surface area contributed by atoms with E-state index in [2.05, 4.69) is 5.32 Å². The summed E-state index contributed by atoms with van der Waals surface area (Å²) in [5, 5.41) is 32.6. The maximum atomic E-state index is 13.0. The van der Waals surface area contributed by atoms with Crippen LogP contribution < -0.4 is 10.1 Å². The molecule has 0 aliphatic carbocycles. The molecule has 2 rings (SSSR count). The van der Waals surface area contributed by atoms with E-state index in [4.69, 9.17) is 4.74 Å². The van der Waals surface area contributed by atoms with E-state index in [1.165, 1.54) is 18.2 Å². The number of aliphatic hydroxyl groups is 1. The van der Waals surface area contributed by atoms with Crippen molar-refractivity contribution in [3.05, 3.63) is 58.1 Å². The number of halogens is 3. The number of para-hydroxylation sites is 2. The third-order valence-electron chi connectivity index (χ3n) is 3.62. The van der Waals surface area contributed by atoms with E-state index in [0.29, 0.717) is 12.1 Å². The molecule has 0 spiro atoms. The van der Waals surface area contributed by atoms with Gasteiger partial charge in [-0.15, -0.1) is 0 Å². The van der Waals surface area contributed by atoms with Crippen LogP contribution in [0.4, 0.5) is 24.5 Å². The number of nitro groups is 1. The van der Waals surface area contributed by atoms with Crippen molar-refractivity contribution in [1.82, 2.24) is 0 Å². The molecule has 0 saturated heterocycles. The number of hydrogen-bond acceptors (Lipinski definition) is 6. The highest BCUT2D eigenvalue weighted by Gasteiger charge is 2.39. The highest BCUT2D eigenvalue weighted by Crippen LogP contribution is 2.37. The first-order valence-electron chi connectivity index (χ1n) is 7.72. The van der Waals surface area contributed by atoms with E-state index < -0.39 is 46.2 Å². The molecule has 28 heavy (non-hydrogen) atoms. The first-order valence-corrected chi connectivity index (χ1v) is 7.72. The average Bonchev–Trinajstić information content (AvgIpc) is 2.60. The van der Waals surface area contributed by atoms with Gasteiger partial charge in [0.2, 0.25) is 0 Å². The number of anilines is 1. The number of nitro benzene ring substituents is 1. The number of ether oxygens (including phenoxy) is 1. The zero-order valence-electron chi connectivity index (χ0n) is 14.4. The average molecular weight is 400 g/mol. The highest BCUT2D eigenvalue weighted by molar-refractivity contribution is 5.97. The second-order valence-electron chi connectivity index (χ2n) is 5.97. The number of aromatic hydroxyl groups is 1. The molecule has 150 valence electrons. The van der Waals surface area contributed by atoms with Gasteiger partial charge in [0.1, 0.15) is 12.2 Å². The molecule has 0 aromatic heterocycles. The van der Waals surface area contributed by atoms with Gasteiger partial charge in [0, 0.05) is 11.8 Å². The maximum absolute atomic E-state index is 13.0. The van der Waals surface area contributed by atoms with E-state index in [9.17, 15) is 38.3 Å². The van der Waals surface area contributed by atoms with Crippen LogP contribution in [-0.2, 0) is 11.0 Å². The second-order valence-corrected chi connectivity index (χ2v) is 5.97. The monoisotopic (exact) mass is 400 g/mol. The van der Waals surface area contributed by atoms with Crippen LogP contribution in [0.5, 0.6) is 11.5 Å². The number of nitrogens with zero attached hydrogens (tertiary/aromatic N) is 1. The van der Waals surface area contributed by atoms with Crippen LogP contribution in [0, 0.1) is 10.1 Å². The number of hydrogen-bond donors (Lipinski definition) is 3. The van der Waals surface area contributed by atoms with Crippen molar-refractivity contribution in [2.45, 2.75) is 18.7 Å². The molecular weight excluding hydrogens is 385 g/mol. The predicted molar refractivity (Wildman–Crippen MR) is 91.0 cm³/mol. The molecule has 2 aromatic rings. The standard InChI is InChI=1S/C17H15F3N2O6/c1-16(25,9-28-14-5-3-2-4-13(14)23)15(24)21-10-6-7-12(22(26)27)11(8-10)17(18,19)20/h2-8,23,25H,9H2,1H3,(H,21,24)/t16-/m0/s1. The van der Waals surface area contributed by atoms with E-state index in [0.717, 1.165) is 13.0 Å². The number of alkyl halides is 3. The van der Waals surface area contributed by atoms with Gasteiger partial charge < -0.3 is 20.3 Å². The number of phenols is 1. The molecule has 1 amide bonds. The Morgan fingerprint density at radius 2 is 1.89 bits per heavy atom. The van der Waals surface area contributed by atoms with Gasteiger partial charge in [-0.05, 0) is 31.2 Å². The minimum absolute atomic E-state index is 0.00901. The number of phenolic OH excluding ortho intramolecular Hbond substituents is 1. The zero-order valence-corrected chi connectivity index (χ0v) is 14.4. The number of carbonyl (C=O) groups excluding carboxylic acids is 1. The zero-order chi connectivity index (χ0) is 21.1. The quantitative estimate of drug-likeness (QED) is 0.506. The SMILES string of the molecule is C[C@](O)(COc1ccccc1O)C(=O)Nc1ccc([N+](=O)[O-])c(C(F)(F)F)c1. The Morgan fingerprint density at radius 3 is 2.46 bits per heavy atom. The lowest BCUT2D eigenvalue weighted by molar-refractivity contribution is -0.388. The lowest BCUT2D eigenvalue weighted by Crippen LogP contribution is -2.45. The van der Waals surface area contributed by atoms with Crippen molar-refractivity contribution in [1.29, 1.82) is 0 Å². The molecule has 2 aromatic carbocycles. The molecule has 8 nitrogen and oxygen atoms in total. The fraction of sp³-hybridized carbons (Fsp3) is 0.235. The van der Waals surface area contributed by atoms with Gasteiger partial charge in [-0.3, -0.25) is 14.9 Å². The minimum Gasteiger partial charge on any atom is -0.504 e. The molecule has 0 aliphatic rings. The molecule has 0 aliphatic heterocycles. The number of carbonyl (C=O) groups is 1. The van der Waals surface area contributed by atoms with Crippen LogP contribution in [-0.4, -0.2) is 33.3 Å². The number of rotatable bonds is 6. The molecule has 0 fully saturated rings.